The van der Waals surface area contributed by atoms with Gasteiger partial charge in [-0.1, -0.05) is 19.9 Å². The van der Waals surface area contributed by atoms with Crippen LogP contribution in [0.3, 0.4) is 0 Å². The molecule has 0 radical (unpaired) electrons. The molecule has 2 unspecified atom stereocenters. The predicted molar refractivity (Wildman–Crippen MR) is 124 cm³/mol. The summed E-state index contributed by atoms with van der Waals surface area (Å²) in [5.74, 6) is 1.35. The van der Waals surface area contributed by atoms with Gasteiger partial charge in [-0.15, -0.1) is 0 Å². The highest BCUT2D eigenvalue weighted by molar-refractivity contribution is 5.99. The number of hydrogen-bond acceptors (Lipinski definition) is 7. The number of benzene rings is 1. The van der Waals surface area contributed by atoms with Gasteiger partial charge in [0.1, 0.15) is 22.6 Å². The van der Waals surface area contributed by atoms with E-state index >= 15 is 0 Å². The lowest BCUT2D eigenvalue weighted by Crippen LogP contribution is -2.55. The average molecular weight is 457 g/mol. The highest BCUT2D eigenvalue weighted by atomic mass is 16.6. The third-order valence-corrected chi connectivity index (χ3v) is 5.40. The number of aromatic nitrogens is 2. The molecular weight excluding hydrogens is 424 g/mol. The van der Waals surface area contributed by atoms with Crippen molar-refractivity contribution in [3.8, 4) is 17.5 Å². The minimum Gasteiger partial charge on any atom is -0.493 e. The molecule has 0 spiro atoms. The molecule has 9 nitrogen and oxygen atoms in total. The summed E-state index contributed by atoms with van der Waals surface area (Å²) >= 11 is 0. The lowest BCUT2D eigenvalue weighted by atomic mass is 9.94. The first-order valence-corrected chi connectivity index (χ1v) is 11.1. The number of fused-ring (bicyclic) bond motifs is 1. The van der Waals surface area contributed by atoms with E-state index in [-0.39, 0.29) is 6.01 Å². The van der Waals surface area contributed by atoms with E-state index in [1.165, 1.54) is 12.4 Å². The van der Waals surface area contributed by atoms with Crippen LogP contribution in [0.5, 0.6) is 17.5 Å². The van der Waals surface area contributed by atoms with E-state index in [1.807, 2.05) is 18.2 Å². The maximum Gasteiger partial charge on any atom is 0.408 e. The number of nitrogens with zero attached hydrogens (tertiary/aromatic N) is 2. The summed E-state index contributed by atoms with van der Waals surface area (Å²) in [6, 6.07) is 5.81. The van der Waals surface area contributed by atoms with E-state index in [2.05, 4.69) is 27.5 Å². The lowest BCUT2D eigenvalue weighted by molar-refractivity contribution is -0.122. The second-order valence-electron chi connectivity index (χ2n) is 9.33. The molecule has 2 N–H and O–H groups in total. The first-order valence-electron chi connectivity index (χ1n) is 11.1. The molecule has 2 heterocycles. The molecule has 0 saturated heterocycles. The van der Waals surface area contributed by atoms with Crippen LogP contribution in [0.4, 0.5) is 10.5 Å². The fourth-order valence-electron chi connectivity index (χ4n) is 3.35. The number of carbonyl (C=O) groups is 2. The Morgan fingerprint density at radius 2 is 1.88 bits per heavy atom. The Labute approximate surface area is 194 Å². The van der Waals surface area contributed by atoms with Gasteiger partial charge in [0.15, 0.2) is 0 Å². The smallest absolute Gasteiger partial charge is 0.408 e. The number of anilines is 1. The molecule has 1 aromatic heterocycles. The van der Waals surface area contributed by atoms with Gasteiger partial charge in [-0.05, 0) is 58.6 Å². The molecule has 0 saturated carbocycles. The zero-order valence-electron chi connectivity index (χ0n) is 20.0. The van der Waals surface area contributed by atoms with Gasteiger partial charge in [0.2, 0.25) is 5.91 Å². The molecule has 0 fully saturated rings. The molecule has 178 valence electrons. The number of rotatable bonds is 6. The van der Waals surface area contributed by atoms with Gasteiger partial charge in [-0.2, -0.15) is 0 Å². The zero-order valence-corrected chi connectivity index (χ0v) is 20.0. The third kappa shape index (κ3) is 6.12. The van der Waals surface area contributed by atoms with Crippen molar-refractivity contribution in [2.45, 2.75) is 71.4 Å². The fraction of sp³-hybridized carbons (Fsp3) is 0.500. The van der Waals surface area contributed by atoms with Gasteiger partial charge in [0.25, 0.3) is 0 Å². The van der Waals surface area contributed by atoms with Crippen molar-refractivity contribution in [2.75, 3.05) is 11.9 Å². The van der Waals surface area contributed by atoms with Crippen LogP contribution in [0.2, 0.25) is 0 Å². The van der Waals surface area contributed by atoms with Crippen LogP contribution < -0.4 is 20.1 Å². The highest BCUT2D eigenvalue weighted by Crippen LogP contribution is 2.41. The van der Waals surface area contributed by atoms with E-state index in [9.17, 15) is 9.59 Å². The van der Waals surface area contributed by atoms with Crippen LogP contribution >= 0.6 is 0 Å². The van der Waals surface area contributed by atoms with E-state index in [1.54, 1.807) is 34.6 Å². The highest BCUT2D eigenvalue weighted by Gasteiger charge is 2.35. The number of alkyl carbamates (subject to hydrolysis) is 1. The molecule has 0 bridgehead atoms. The second-order valence-corrected chi connectivity index (χ2v) is 9.33. The molecule has 0 aliphatic carbocycles. The molecule has 1 aliphatic heterocycles. The summed E-state index contributed by atoms with van der Waals surface area (Å²) in [5.41, 5.74) is -0.459. The van der Waals surface area contributed by atoms with Gasteiger partial charge < -0.3 is 24.8 Å². The molecular formula is C24H32N4O5. The second kappa shape index (κ2) is 9.64. The van der Waals surface area contributed by atoms with Crippen LogP contribution in [-0.2, 0) is 9.53 Å². The number of nitrogens with one attached hydrogen (secondary N) is 2. The maximum absolute atomic E-state index is 12.9. The van der Waals surface area contributed by atoms with Gasteiger partial charge >= 0.3 is 12.1 Å². The summed E-state index contributed by atoms with van der Waals surface area (Å²) < 4.78 is 16.9. The largest absolute Gasteiger partial charge is 0.493 e. The summed E-state index contributed by atoms with van der Waals surface area (Å²) in [6.07, 6.45) is 3.52. The van der Waals surface area contributed by atoms with Crippen LogP contribution in [0.15, 0.2) is 30.6 Å². The van der Waals surface area contributed by atoms with Crippen LogP contribution in [-0.4, -0.2) is 39.7 Å². The molecule has 2 atom stereocenters. The first-order chi connectivity index (χ1) is 15.5. The monoisotopic (exact) mass is 456 g/mol. The van der Waals surface area contributed by atoms with Gasteiger partial charge in [-0.3, -0.25) is 4.79 Å². The average Bonchev–Trinajstić information content (AvgIpc) is 2.74. The van der Waals surface area contributed by atoms with Crippen molar-refractivity contribution in [3.05, 3.63) is 36.2 Å². The van der Waals surface area contributed by atoms with Crippen molar-refractivity contribution in [2.24, 2.45) is 0 Å². The van der Waals surface area contributed by atoms with Crippen molar-refractivity contribution < 1.29 is 23.8 Å². The fourth-order valence-corrected chi connectivity index (χ4v) is 3.35. The quantitative estimate of drug-likeness (QED) is 0.643. The minimum atomic E-state index is -1.17. The van der Waals surface area contributed by atoms with Crippen molar-refractivity contribution in [1.82, 2.24) is 15.3 Å². The summed E-state index contributed by atoms with van der Waals surface area (Å²) in [5, 5.41) is 5.39. The normalized spacial score (nSPS) is 17.1. The summed E-state index contributed by atoms with van der Waals surface area (Å²) in [4.78, 5) is 33.5. The Morgan fingerprint density at radius 3 is 2.52 bits per heavy atom. The van der Waals surface area contributed by atoms with Crippen molar-refractivity contribution in [1.29, 1.82) is 0 Å². The van der Waals surface area contributed by atoms with Crippen molar-refractivity contribution >= 4 is 17.7 Å². The molecule has 2 aromatic rings. The molecule has 3 rings (SSSR count). The lowest BCUT2D eigenvalue weighted by Gasteiger charge is -2.30. The predicted octanol–water partition coefficient (Wildman–Crippen LogP) is 4.79. The Balaban J connectivity index is 1.67. The van der Waals surface area contributed by atoms with E-state index in [0.717, 1.165) is 17.7 Å². The molecule has 9 heteroatoms. The molecule has 33 heavy (non-hydrogen) atoms. The molecule has 1 aliphatic rings. The minimum absolute atomic E-state index is 0.157. The molecule has 1 aromatic carbocycles. The van der Waals surface area contributed by atoms with Crippen molar-refractivity contribution in [3.63, 3.8) is 0 Å². The van der Waals surface area contributed by atoms with E-state index < -0.39 is 23.1 Å². The Hall–Kier alpha value is -3.36. The Bertz CT molecular complexity index is 1000. The summed E-state index contributed by atoms with van der Waals surface area (Å²) in [6.45, 7) is 11.5. The van der Waals surface area contributed by atoms with Gasteiger partial charge in [0.05, 0.1) is 24.7 Å². The Kier molecular flexibility index (Phi) is 7.09. The Morgan fingerprint density at radius 1 is 1.18 bits per heavy atom. The van der Waals surface area contributed by atoms with Gasteiger partial charge in [0, 0.05) is 5.56 Å². The summed E-state index contributed by atoms with van der Waals surface area (Å²) in [7, 11) is 0. The SMILES string of the molecule is CCC(C)(NC(=O)OC(C)(C)C)C(=O)Nc1cnc(Oc2cccc3c2C(C)CCO3)nc1. The van der Waals surface area contributed by atoms with Gasteiger partial charge in [-0.25, -0.2) is 14.8 Å². The molecule has 2 amide bonds. The topological polar surface area (TPSA) is 112 Å². The van der Waals surface area contributed by atoms with Crippen LogP contribution in [0.25, 0.3) is 0 Å². The first kappa shape index (κ1) is 24.3. The van der Waals surface area contributed by atoms with E-state index in [0.29, 0.717) is 30.4 Å². The number of carbonyl (C=O) groups excluding carboxylic acids is 2. The number of amides is 2. The third-order valence-electron chi connectivity index (χ3n) is 5.40. The maximum atomic E-state index is 12.9. The van der Waals surface area contributed by atoms with E-state index in [4.69, 9.17) is 14.2 Å². The van der Waals surface area contributed by atoms with Crippen LogP contribution in [0.1, 0.15) is 65.9 Å². The van der Waals surface area contributed by atoms with Crippen LogP contribution in [0, 0.1) is 0 Å². The number of hydrogen-bond donors (Lipinski definition) is 2. The zero-order chi connectivity index (χ0) is 24.2. The number of ether oxygens (including phenoxy) is 3. The standard InChI is InChI=1S/C24H32N4O5/c1-7-24(6,28-22(30)33-23(3,4)5)20(29)27-16-13-25-21(26-14-16)32-18-10-8-9-17-19(18)15(2)11-12-31-17/h8-10,13-15H,7,11-12H2,1-6H3,(H,27,29)(H,28,30).